The SMILES string of the molecule is Cn1ncc(NC(=S)Nc2ccn(Cc3c(F)cccc3Cl)n2)c1C(=O)O. The van der Waals surface area contributed by atoms with E-state index in [1.165, 1.54) is 34.7 Å². The maximum absolute atomic E-state index is 13.9. The van der Waals surface area contributed by atoms with Crippen LogP contribution < -0.4 is 10.6 Å². The fourth-order valence-electron chi connectivity index (χ4n) is 2.41. The van der Waals surface area contributed by atoms with E-state index in [9.17, 15) is 14.3 Å². The summed E-state index contributed by atoms with van der Waals surface area (Å²) in [7, 11) is 1.51. The second-order valence-electron chi connectivity index (χ2n) is 5.51. The Morgan fingerprint density at radius 1 is 1.37 bits per heavy atom. The van der Waals surface area contributed by atoms with Crippen molar-refractivity contribution in [3.8, 4) is 0 Å². The Bertz CT molecular complexity index is 998. The number of aromatic nitrogens is 4. The van der Waals surface area contributed by atoms with Crippen molar-refractivity contribution in [2.45, 2.75) is 6.54 Å². The quantitative estimate of drug-likeness (QED) is 0.558. The third-order valence-electron chi connectivity index (χ3n) is 3.65. The summed E-state index contributed by atoms with van der Waals surface area (Å²) in [5.74, 6) is -1.14. The average Bonchev–Trinajstić information content (AvgIpc) is 3.17. The molecule has 3 aromatic rings. The number of hydrogen-bond donors (Lipinski definition) is 3. The van der Waals surface area contributed by atoms with E-state index in [1.807, 2.05) is 0 Å². The Labute approximate surface area is 163 Å². The lowest BCUT2D eigenvalue weighted by Crippen LogP contribution is -2.21. The molecule has 8 nitrogen and oxygen atoms in total. The van der Waals surface area contributed by atoms with Crippen LogP contribution in [0.2, 0.25) is 5.02 Å². The molecular weight excluding hydrogens is 395 g/mol. The summed E-state index contributed by atoms with van der Waals surface area (Å²) in [6.45, 7) is 0.152. The molecule has 0 bridgehead atoms. The molecule has 0 aliphatic rings. The zero-order valence-corrected chi connectivity index (χ0v) is 15.6. The van der Waals surface area contributed by atoms with Gasteiger partial charge in [0.15, 0.2) is 16.6 Å². The van der Waals surface area contributed by atoms with E-state index in [0.29, 0.717) is 16.4 Å². The molecule has 0 unspecified atom stereocenters. The van der Waals surface area contributed by atoms with Crippen LogP contribution in [0.25, 0.3) is 0 Å². The molecule has 0 aliphatic heterocycles. The van der Waals surface area contributed by atoms with Gasteiger partial charge < -0.3 is 15.7 Å². The van der Waals surface area contributed by atoms with Gasteiger partial charge in [-0.05, 0) is 24.4 Å². The van der Waals surface area contributed by atoms with E-state index in [0.717, 1.165) is 0 Å². The molecule has 0 amide bonds. The number of carboxylic acid groups (broad SMARTS) is 1. The Balaban J connectivity index is 1.67. The highest BCUT2D eigenvalue weighted by Crippen LogP contribution is 2.20. The van der Waals surface area contributed by atoms with Crippen molar-refractivity contribution < 1.29 is 14.3 Å². The van der Waals surface area contributed by atoms with E-state index in [-0.39, 0.29) is 23.0 Å². The van der Waals surface area contributed by atoms with Crippen molar-refractivity contribution >= 4 is 46.4 Å². The van der Waals surface area contributed by atoms with Crippen LogP contribution in [0, 0.1) is 5.82 Å². The highest BCUT2D eigenvalue weighted by Gasteiger charge is 2.17. The number of rotatable bonds is 5. The van der Waals surface area contributed by atoms with Gasteiger partial charge in [-0.3, -0.25) is 9.36 Å². The van der Waals surface area contributed by atoms with Gasteiger partial charge in [-0.2, -0.15) is 10.2 Å². The molecular formula is C16H14ClFN6O2S. The summed E-state index contributed by atoms with van der Waals surface area (Å²) in [5.41, 5.74) is 0.551. The first-order valence-electron chi connectivity index (χ1n) is 7.65. The number of aromatic carboxylic acids is 1. The van der Waals surface area contributed by atoms with E-state index < -0.39 is 11.8 Å². The van der Waals surface area contributed by atoms with Crippen LogP contribution in [-0.2, 0) is 13.6 Å². The summed E-state index contributed by atoms with van der Waals surface area (Å²) >= 11 is 11.2. The molecule has 140 valence electrons. The zero-order valence-electron chi connectivity index (χ0n) is 14.0. The lowest BCUT2D eigenvalue weighted by molar-refractivity contribution is 0.0686. The molecule has 11 heteroatoms. The normalized spacial score (nSPS) is 10.6. The molecule has 3 N–H and O–H groups in total. The first-order chi connectivity index (χ1) is 12.8. The van der Waals surface area contributed by atoms with Crippen molar-refractivity contribution in [2.75, 3.05) is 10.6 Å². The smallest absolute Gasteiger partial charge is 0.356 e. The van der Waals surface area contributed by atoms with Crippen LogP contribution in [0.5, 0.6) is 0 Å². The minimum absolute atomic E-state index is 0.0288. The molecule has 0 spiro atoms. The average molecular weight is 409 g/mol. The Morgan fingerprint density at radius 2 is 2.15 bits per heavy atom. The fraction of sp³-hybridized carbons (Fsp3) is 0.125. The predicted molar refractivity (Wildman–Crippen MR) is 103 cm³/mol. The summed E-state index contributed by atoms with van der Waals surface area (Å²) in [5, 5.41) is 23.4. The number of benzene rings is 1. The third-order valence-corrected chi connectivity index (χ3v) is 4.21. The van der Waals surface area contributed by atoms with Gasteiger partial charge in [0.1, 0.15) is 5.82 Å². The lowest BCUT2D eigenvalue weighted by atomic mass is 10.2. The predicted octanol–water partition coefficient (Wildman–Crippen LogP) is 2.96. The minimum atomic E-state index is -1.13. The Kier molecular flexibility index (Phi) is 5.38. The third kappa shape index (κ3) is 4.23. The summed E-state index contributed by atoms with van der Waals surface area (Å²) in [6.07, 6.45) is 3.00. The molecule has 0 saturated carbocycles. The van der Waals surface area contributed by atoms with Gasteiger partial charge in [0.25, 0.3) is 0 Å². The van der Waals surface area contributed by atoms with Crippen molar-refractivity contribution in [2.24, 2.45) is 7.05 Å². The molecule has 0 fully saturated rings. The molecule has 0 saturated heterocycles. The molecule has 1 aromatic carbocycles. The number of anilines is 2. The maximum Gasteiger partial charge on any atom is 0.356 e. The topological polar surface area (TPSA) is 97.0 Å². The molecule has 0 aliphatic carbocycles. The van der Waals surface area contributed by atoms with Crippen molar-refractivity contribution in [1.82, 2.24) is 19.6 Å². The summed E-state index contributed by atoms with van der Waals surface area (Å²) in [4.78, 5) is 11.3. The second-order valence-corrected chi connectivity index (χ2v) is 6.33. The number of thiocarbonyl (C=S) groups is 1. The van der Waals surface area contributed by atoms with Gasteiger partial charge in [0, 0.05) is 29.9 Å². The summed E-state index contributed by atoms with van der Waals surface area (Å²) in [6, 6.07) is 6.11. The van der Waals surface area contributed by atoms with Gasteiger partial charge >= 0.3 is 5.97 Å². The number of carbonyl (C=O) groups is 1. The monoisotopic (exact) mass is 408 g/mol. The van der Waals surface area contributed by atoms with Crippen LogP contribution in [-0.4, -0.2) is 35.7 Å². The van der Waals surface area contributed by atoms with Crippen LogP contribution >= 0.6 is 23.8 Å². The van der Waals surface area contributed by atoms with E-state index >= 15 is 0 Å². The fourth-order valence-corrected chi connectivity index (χ4v) is 2.85. The number of halogens is 2. The van der Waals surface area contributed by atoms with Gasteiger partial charge in [-0.15, -0.1) is 0 Å². The van der Waals surface area contributed by atoms with Gasteiger partial charge in [-0.25, -0.2) is 9.18 Å². The molecule has 2 aromatic heterocycles. The summed E-state index contributed by atoms with van der Waals surface area (Å²) < 4.78 is 16.6. The first kappa shape index (κ1) is 18.8. The standard InChI is InChI=1S/C16H14ClFN6O2S/c1-23-14(15(25)26)12(7-19-23)20-16(27)21-13-5-6-24(22-13)8-9-10(17)3-2-4-11(9)18/h2-7H,8H2,1H3,(H,25,26)(H2,20,21,22,27). The van der Waals surface area contributed by atoms with E-state index in [1.54, 1.807) is 18.3 Å². The molecule has 0 atom stereocenters. The maximum atomic E-state index is 13.9. The number of hydrogen-bond acceptors (Lipinski definition) is 4. The van der Waals surface area contributed by atoms with Gasteiger partial charge in [0.05, 0.1) is 18.4 Å². The highest BCUT2D eigenvalue weighted by molar-refractivity contribution is 7.80. The molecule has 2 heterocycles. The van der Waals surface area contributed by atoms with E-state index in [2.05, 4.69) is 20.8 Å². The molecule has 27 heavy (non-hydrogen) atoms. The number of carboxylic acids is 1. The largest absolute Gasteiger partial charge is 0.476 e. The van der Waals surface area contributed by atoms with Crippen molar-refractivity contribution in [3.05, 3.63) is 58.8 Å². The first-order valence-corrected chi connectivity index (χ1v) is 8.43. The minimum Gasteiger partial charge on any atom is -0.476 e. The van der Waals surface area contributed by atoms with Crippen LogP contribution in [0.3, 0.4) is 0 Å². The molecule has 3 rings (SSSR count). The van der Waals surface area contributed by atoms with Crippen LogP contribution in [0.4, 0.5) is 15.9 Å². The second kappa shape index (κ2) is 7.72. The van der Waals surface area contributed by atoms with E-state index in [4.69, 9.17) is 23.8 Å². The number of nitrogens with one attached hydrogen (secondary N) is 2. The van der Waals surface area contributed by atoms with Crippen molar-refractivity contribution in [3.63, 3.8) is 0 Å². The van der Waals surface area contributed by atoms with Crippen LogP contribution in [0.15, 0.2) is 36.7 Å². The van der Waals surface area contributed by atoms with Gasteiger partial charge in [0.2, 0.25) is 0 Å². The Morgan fingerprint density at radius 3 is 2.85 bits per heavy atom. The van der Waals surface area contributed by atoms with Crippen molar-refractivity contribution in [1.29, 1.82) is 0 Å². The van der Waals surface area contributed by atoms with Crippen LogP contribution in [0.1, 0.15) is 16.1 Å². The number of nitrogens with zero attached hydrogens (tertiary/aromatic N) is 4. The molecule has 0 radical (unpaired) electrons. The Hall–Kier alpha value is -2.98. The highest BCUT2D eigenvalue weighted by atomic mass is 35.5. The zero-order chi connectivity index (χ0) is 19.6. The lowest BCUT2D eigenvalue weighted by Gasteiger charge is -2.08. The number of aryl methyl sites for hydroxylation is 1. The van der Waals surface area contributed by atoms with Gasteiger partial charge in [-0.1, -0.05) is 17.7 Å².